The summed E-state index contributed by atoms with van der Waals surface area (Å²) in [6, 6.07) is 8.69. The van der Waals surface area contributed by atoms with Gasteiger partial charge in [0.25, 0.3) is 11.8 Å². The maximum Gasteiger partial charge on any atom is 0.355 e. The standard InChI is InChI=1S/C25H26N2O8/c1-4-33-24(30)19-13-20-18(9-10-34-20)26(19)14-32-11-12-35-25(31)21(15(2)3)27-22(28)16-7-5-6-8-17(16)23(27)29/h5-10,13,15,21H,4,11-12,14H2,1-3H3/t21-/m1/s1. The van der Waals surface area contributed by atoms with Gasteiger partial charge in [-0.15, -0.1) is 0 Å². The molecule has 10 nitrogen and oxygen atoms in total. The van der Waals surface area contributed by atoms with Crippen LogP contribution in [0, 0.1) is 5.92 Å². The molecule has 1 aliphatic heterocycles. The number of rotatable bonds is 10. The van der Waals surface area contributed by atoms with Crippen LogP contribution < -0.4 is 0 Å². The Morgan fingerprint density at radius 2 is 1.69 bits per heavy atom. The Balaban J connectivity index is 1.36. The maximum atomic E-state index is 12.9. The monoisotopic (exact) mass is 482 g/mol. The van der Waals surface area contributed by atoms with Crippen molar-refractivity contribution in [2.45, 2.75) is 33.5 Å². The lowest BCUT2D eigenvalue weighted by Crippen LogP contribution is -2.48. The Kier molecular flexibility index (Phi) is 7.02. The van der Waals surface area contributed by atoms with Gasteiger partial charge in [0.15, 0.2) is 5.58 Å². The first kappa shape index (κ1) is 24.2. The highest BCUT2D eigenvalue weighted by molar-refractivity contribution is 6.22. The van der Waals surface area contributed by atoms with Crippen molar-refractivity contribution in [2.75, 3.05) is 19.8 Å². The predicted octanol–water partition coefficient (Wildman–Crippen LogP) is 3.25. The van der Waals surface area contributed by atoms with Gasteiger partial charge in [-0.05, 0) is 25.0 Å². The number of benzene rings is 1. The van der Waals surface area contributed by atoms with Gasteiger partial charge in [0.2, 0.25) is 0 Å². The van der Waals surface area contributed by atoms with E-state index in [0.717, 1.165) is 4.90 Å². The molecule has 2 amide bonds. The summed E-state index contributed by atoms with van der Waals surface area (Å²) in [5, 5.41) is 0. The highest BCUT2D eigenvalue weighted by Crippen LogP contribution is 2.27. The smallest absolute Gasteiger partial charge is 0.355 e. The third-order valence-electron chi connectivity index (χ3n) is 5.68. The normalized spacial score (nSPS) is 14.0. The summed E-state index contributed by atoms with van der Waals surface area (Å²) in [5.74, 6) is -2.58. The first-order valence-electron chi connectivity index (χ1n) is 11.3. The van der Waals surface area contributed by atoms with Gasteiger partial charge in [0.1, 0.15) is 25.1 Å². The van der Waals surface area contributed by atoms with E-state index in [0.29, 0.717) is 11.1 Å². The Hall–Kier alpha value is -3.92. The molecule has 3 aromatic rings. The second-order valence-electron chi connectivity index (χ2n) is 8.27. The minimum absolute atomic E-state index is 0.000741. The third-order valence-corrected chi connectivity index (χ3v) is 5.68. The van der Waals surface area contributed by atoms with Crippen molar-refractivity contribution in [3.8, 4) is 0 Å². The van der Waals surface area contributed by atoms with E-state index in [1.165, 1.54) is 6.26 Å². The van der Waals surface area contributed by atoms with Gasteiger partial charge in [0, 0.05) is 12.1 Å². The molecule has 10 heteroatoms. The van der Waals surface area contributed by atoms with Gasteiger partial charge < -0.3 is 23.2 Å². The minimum Gasteiger partial charge on any atom is -0.463 e. The number of ether oxygens (including phenoxy) is 3. The van der Waals surface area contributed by atoms with E-state index in [2.05, 4.69) is 0 Å². The van der Waals surface area contributed by atoms with Crippen LogP contribution in [0.1, 0.15) is 52.0 Å². The van der Waals surface area contributed by atoms with Crippen molar-refractivity contribution < 1.29 is 37.8 Å². The topological polar surface area (TPSA) is 117 Å². The van der Waals surface area contributed by atoms with E-state index < -0.39 is 29.8 Å². The molecule has 0 aliphatic carbocycles. The molecule has 1 atom stereocenters. The minimum atomic E-state index is -1.06. The SMILES string of the molecule is CCOC(=O)c1cc2occc2n1COCCOC(=O)[C@@H](C(C)C)N1C(=O)c2ccccc2C1=O. The van der Waals surface area contributed by atoms with Gasteiger partial charge in [-0.2, -0.15) is 0 Å². The number of aromatic nitrogens is 1. The molecule has 2 aromatic heterocycles. The molecule has 184 valence electrons. The van der Waals surface area contributed by atoms with Gasteiger partial charge in [-0.1, -0.05) is 26.0 Å². The molecule has 0 saturated heterocycles. The number of hydrogen-bond acceptors (Lipinski definition) is 8. The van der Waals surface area contributed by atoms with E-state index in [4.69, 9.17) is 18.6 Å². The summed E-state index contributed by atoms with van der Waals surface area (Å²) in [4.78, 5) is 51.7. The Morgan fingerprint density at radius 1 is 1.00 bits per heavy atom. The largest absolute Gasteiger partial charge is 0.463 e. The highest BCUT2D eigenvalue weighted by atomic mass is 16.6. The fourth-order valence-electron chi connectivity index (χ4n) is 4.07. The first-order chi connectivity index (χ1) is 16.8. The third kappa shape index (κ3) is 4.57. The van der Waals surface area contributed by atoms with Crippen LogP contribution in [-0.4, -0.2) is 59.1 Å². The molecule has 4 rings (SSSR count). The number of hydrogen-bond donors (Lipinski definition) is 0. The van der Waals surface area contributed by atoms with Crippen molar-refractivity contribution in [1.29, 1.82) is 0 Å². The number of nitrogens with zero attached hydrogens (tertiary/aromatic N) is 2. The molecule has 0 saturated carbocycles. The van der Waals surface area contributed by atoms with Gasteiger partial charge in [-0.25, -0.2) is 9.59 Å². The number of furan rings is 1. The van der Waals surface area contributed by atoms with Crippen molar-refractivity contribution in [3.63, 3.8) is 0 Å². The number of carbonyl (C=O) groups is 4. The van der Waals surface area contributed by atoms with Gasteiger partial charge >= 0.3 is 11.9 Å². The molecule has 3 heterocycles. The quantitative estimate of drug-likeness (QED) is 0.246. The molecule has 0 N–H and O–H groups in total. The van der Waals surface area contributed by atoms with Gasteiger partial charge in [-0.3, -0.25) is 14.5 Å². The van der Waals surface area contributed by atoms with Crippen LogP contribution in [0.15, 0.2) is 47.1 Å². The van der Waals surface area contributed by atoms with Gasteiger partial charge in [0.05, 0.1) is 36.1 Å². The summed E-state index contributed by atoms with van der Waals surface area (Å²) in [5.41, 5.74) is 2.01. The number of fused-ring (bicyclic) bond motifs is 2. The van der Waals surface area contributed by atoms with E-state index in [-0.39, 0.29) is 49.3 Å². The number of esters is 2. The van der Waals surface area contributed by atoms with Crippen LogP contribution in [0.5, 0.6) is 0 Å². The van der Waals surface area contributed by atoms with Crippen LogP contribution in [0.4, 0.5) is 0 Å². The zero-order valence-corrected chi connectivity index (χ0v) is 19.7. The van der Waals surface area contributed by atoms with Crippen molar-refractivity contribution in [3.05, 3.63) is 59.5 Å². The highest BCUT2D eigenvalue weighted by Gasteiger charge is 2.44. The molecule has 0 fully saturated rings. The molecule has 0 spiro atoms. The van der Waals surface area contributed by atoms with E-state index in [9.17, 15) is 19.2 Å². The van der Waals surface area contributed by atoms with Crippen molar-refractivity contribution >= 4 is 34.9 Å². The average Bonchev–Trinajstić information content (AvgIpc) is 3.49. The van der Waals surface area contributed by atoms with Crippen LogP contribution >= 0.6 is 0 Å². The lowest BCUT2D eigenvalue weighted by Gasteiger charge is -2.27. The number of amides is 2. The second-order valence-corrected chi connectivity index (χ2v) is 8.27. The number of imide groups is 1. The zero-order valence-electron chi connectivity index (χ0n) is 19.7. The molecule has 35 heavy (non-hydrogen) atoms. The Bertz CT molecular complexity index is 1240. The summed E-state index contributed by atoms with van der Waals surface area (Å²) < 4.78 is 23.0. The maximum absolute atomic E-state index is 12.9. The predicted molar refractivity (Wildman–Crippen MR) is 123 cm³/mol. The van der Waals surface area contributed by atoms with Crippen LogP contribution in [0.2, 0.25) is 0 Å². The van der Waals surface area contributed by atoms with Crippen LogP contribution in [0.3, 0.4) is 0 Å². The van der Waals surface area contributed by atoms with Crippen LogP contribution in [-0.2, 0) is 25.7 Å². The van der Waals surface area contributed by atoms with Crippen molar-refractivity contribution in [2.24, 2.45) is 5.92 Å². The molecular formula is C25H26N2O8. The van der Waals surface area contributed by atoms with E-state index >= 15 is 0 Å². The lowest BCUT2D eigenvalue weighted by molar-refractivity contribution is -0.151. The fraction of sp³-hybridized carbons (Fsp3) is 0.360. The summed E-state index contributed by atoms with van der Waals surface area (Å²) in [7, 11) is 0. The summed E-state index contributed by atoms with van der Waals surface area (Å²) >= 11 is 0. The molecule has 0 radical (unpaired) electrons. The van der Waals surface area contributed by atoms with Crippen molar-refractivity contribution in [1.82, 2.24) is 9.47 Å². The molecule has 0 unspecified atom stereocenters. The van der Waals surface area contributed by atoms with Crippen LogP contribution in [0.25, 0.3) is 11.1 Å². The first-order valence-corrected chi connectivity index (χ1v) is 11.3. The fourth-order valence-corrected chi connectivity index (χ4v) is 4.07. The Labute approximate surface area is 201 Å². The Morgan fingerprint density at radius 3 is 2.31 bits per heavy atom. The zero-order chi connectivity index (χ0) is 25.1. The molecular weight excluding hydrogens is 456 g/mol. The van der Waals surface area contributed by atoms with E-state index in [1.807, 2.05) is 0 Å². The molecule has 0 bridgehead atoms. The molecule has 1 aliphatic rings. The van der Waals surface area contributed by atoms with E-state index in [1.54, 1.807) is 61.7 Å². The average molecular weight is 482 g/mol. The second kappa shape index (κ2) is 10.1. The summed E-state index contributed by atoms with van der Waals surface area (Å²) in [6.07, 6.45) is 1.50. The number of carbonyl (C=O) groups excluding carboxylic acids is 4. The molecule has 1 aromatic carbocycles. The summed E-state index contributed by atoms with van der Waals surface area (Å²) in [6.45, 7) is 5.35. The lowest BCUT2D eigenvalue weighted by atomic mass is 10.0.